The summed E-state index contributed by atoms with van der Waals surface area (Å²) in [6.07, 6.45) is 2.64. The Kier molecular flexibility index (Phi) is 2.65. The van der Waals surface area contributed by atoms with Gasteiger partial charge < -0.3 is 10.5 Å². The van der Waals surface area contributed by atoms with Crippen molar-refractivity contribution in [3.63, 3.8) is 0 Å². The van der Waals surface area contributed by atoms with E-state index in [9.17, 15) is 4.39 Å². The first-order valence-corrected chi connectivity index (χ1v) is 5.28. The van der Waals surface area contributed by atoms with Crippen LogP contribution in [0.3, 0.4) is 0 Å². The number of nitrogens with two attached hydrogens (primary N) is 1. The first-order valence-electron chi connectivity index (χ1n) is 5.28. The van der Waals surface area contributed by atoms with Crippen molar-refractivity contribution in [2.45, 2.75) is 31.5 Å². The van der Waals surface area contributed by atoms with Gasteiger partial charge in [0.05, 0.1) is 6.10 Å². The van der Waals surface area contributed by atoms with Gasteiger partial charge in [0.15, 0.2) is 0 Å². The normalized spacial score (nSPS) is 19.7. The standard InChI is InChI=1S/C12H16FNO/c1-12(13,8-14)9-2-4-10(5-3-9)15-11-6-7-11/h2-5,11H,6-8,14H2,1H3. The smallest absolute Gasteiger partial charge is 0.145 e. The zero-order valence-corrected chi connectivity index (χ0v) is 8.87. The highest BCUT2D eigenvalue weighted by Gasteiger charge is 2.25. The second-order valence-electron chi connectivity index (χ2n) is 4.24. The highest BCUT2D eigenvalue weighted by molar-refractivity contribution is 5.31. The highest BCUT2D eigenvalue weighted by atomic mass is 19.1. The zero-order valence-electron chi connectivity index (χ0n) is 8.87. The fourth-order valence-corrected chi connectivity index (χ4v) is 1.38. The van der Waals surface area contributed by atoms with Gasteiger partial charge >= 0.3 is 0 Å². The molecule has 1 saturated carbocycles. The summed E-state index contributed by atoms with van der Waals surface area (Å²) in [6.45, 7) is 1.49. The van der Waals surface area contributed by atoms with Crippen molar-refractivity contribution in [3.05, 3.63) is 29.8 Å². The van der Waals surface area contributed by atoms with Crippen molar-refractivity contribution in [2.75, 3.05) is 6.54 Å². The van der Waals surface area contributed by atoms with Gasteiger partial charge in [-0.15, -0.1) is 0 Å². The van der Waals surface area contributed by atoms with Gasteiger partial charge in [-0.25, -0.2) is 4.39 Å². The Bertz CT molecular complexity index is 330. The van der Waals surface area contributed by atoms with Crippen LogP contribution in [0.15, 0.2) is 24.3 Å². The molecule has 3 heteroatoms. The van der Waals surface area contributed by atoms with Crippen LogP contribution in [0.1, 0.15) is 25.3 Å². The van der Waals surface area contributed by atoms with Crippen molar-refractivity contribution in [3.8, 4) is 5.75 Å². The van der Waals surface area contributed by atoms with Gasteiger partial charge in [-0.2, -0.15) is 0 Å². The predicted octanol–water partition coefficient (Wildman–Crippen LogP) is 2.37. The SMILES string of the molecule is CC(F)(CN)c1ccc(OC2CC2)cc1. The molecule has 0 aromatic heterocycles. The molecule has 2 N–H and O–H groups in total. The summed E-state index contributed by atoms with van der Waals surface area (Å²) in [5.74, 6) is 0.814. The lowest BCUT2D eigenvalue weighted by atomic mass is 9.98. The van der Waals surface area contributed by atoms with Crippen LogP contribution in [-0.2, 0) is 5.67 Å². The van der Waals surface area contributed by atoms with E-state index >= 15 is 0 Å². The van der Waals surface area contributed by atoms with E-state index in [0.717, 1.165) is 18.6 Å². The van der Waals surface area contributed by atoms with Crippen LogP contribution in [-0.4, -0.2) is 12.6 Å². The lowest BCUT2D eigenvalue weighted by molar-refractivity contribution is 0.203. The number of rotatable bonds is 4. The number of benzene rings is 1. The maximum Gasteiger partial charge on any atom is 0.145 e. The topological polar surface area (TPSA) is 35.2 Å². The van der Waals surface area contributed by atoms with E-state index in [1.165, 1.54) is 6.92 Å². The number of hydrogen-bond donors (Lipinski definition) is 1. The van der Waals surface area contributed by atoms with E-state index in [2.05, 4.69) is 0 Å². The van der Waals surface area contributed by atoms with Crippen molar-refractivity contribution in [2.24, 2.45) is 5.73 Å². The third kappa shape index (κ3) is 2.48. The van der Waals surface area contributed by atoms with E-state index in [1.807, 2.05) is 0 Å². The molecule has 1 aliphatic carbocycles. The average Bonchev–Trinajstić information content (AvgIpc) is 3.03. The Balaban J connectivity index is 2.08. The molecule has 0 bridgehead atoms. The van der Waals surface area contributed by atoms with Crippen LogP contribution in [0.5, 0.6) is 5.75 Å². The molecule has 2 rings (SSSR count). The maximum absolute atomic E-state index is 13.8. The third-order valence-electron chi connectivity index (χ3n) is 2.67. The van der Waals surface area contributed by atoms with Crippen LogP contribution >= 0.6 is 0 Å². The van der Waals surface area contributed by atoms with E-state index in [4.69, 9.17) is 10.5 Å². The van der Waals surface area contributed by atoms with E-state index in [0.29, 0.717) is 11.7 Å². The van der Waals surface area contributed by atoms with Gasteiger partial charge in [0, 0.05) is 6.54 Å². The second kappa shape index (κ2) is 3.81. The lowest BCUT2D eigenvalue weighted by Gasteiger charge is -2.18. The molecule has 1 atom stereocenters. The molecular weight excluding hydrogens is 193 g/mol. The maximum atomic E-state index is 13.8. The molecule has 1 aromatic carbocycles. The molecule has 1 aromatic rings. The molecule has 1 aliphatic rings. The molecule has 0 amide bonds. The molecule has 0 radical (unpaired) electrons. The first kappa shape index (κ1) is 10.4. The van der Waals surface area contributed by atoms with Gasteiger partial charge in [0.1, 0.15) is 11.4 Å². The number of alkyl halides is 1. The molecule has 82 valence electrons. The molecule has 1 fully saturated rings. The Morgan fingerprint density at radius 1 is 1.40 bits per heavy atom. The molecule has 0 heterocycles. The average molecular weight is 209 g/mol. The largest absolute Gasteiger partial charge is 0.490 e. The summed E-state index contributed by atoms with van der Waals surface area (Å²) >= 11 is 0. The molecule has 0 aliphatic heterocycles. The molecule has 0 spiro atoms. The Morgan fingerprint density at radius 2 is 2.00 bits per heavy atom. The van der Waals surface area contributed by atoms with E-state index in [-0.39, 0.29) is 6.54 Å². The zero-order chi connectivity index (χ0) is 10.9. The minimum Gasteiger partial charge on any atom is -0.490 e. The molecule has 0 saturated heterocycles. The fraction of sp³-hybridized carbons (Fsp3) is 0.500. The van der Waals surface area contributed by atoms with E-state index in [1.54, 1.807) is 24.3 Å². The van der Waals surface area contributed by atoms with Crippen molar-refractivity contribution < 1.29 is 9.13 Å². The molecular formula is C12H16FNO. The molecule has 2 nitrogen and oxygen atoms in total. The molecule has 1 unspecified atom stereocenters. The summed E-state index contributed by atoms with van der Waals surface area (Å²) in [6, 6.07) is 7.09. The Labute approximate surface area is 89.2 Å². The first-order chi connectivity index (χ1) is 7.12. The highest BCUT2D eigenvalue weighted by Crippen LogP contribution is 2.29. The summed E-state index contributed by atoms with van der Waals surface area (Å²) in [5, 5.41) is 0. The minimum atomic E-state index is -1.45. The lowest BCUT2D eigenvalue weighted by Crippen LogP contribution is -2.26. The second-order valence-corrected chi connectivity index (χ2v) is 4.24. The van der Waals surface area contributed by atoms with Crippen LogP contribution in [0.4, 0.5) is 4.39 Å². The van der Waals surface area contributed by atoms with Gasteiger partial charge in [-0.05, 0) is 37.5 Å². The van der Waals surface area contributed by atoms with Gasteiger partial charge in [-0.1, -0.05) is 12.1 Å². The predicted molar refractivity (Wildman–Crippen MR) is 57.6 cm³/mol. The van der Waals surface area contributed by atoms with Crippen molar-refractivity contribution in [1.82, 2.24) is 0 Å². The Morgan fingerprint density at radius 3 is 2.47 bits per heavy atom. The number of halogens is 1. The van der Waals surface area contributed by atoms with Gasteiger partial charge in [0.25, 0.3) is 0 Å². The van der Waals surface area contributed by atoms with Crippen LogP contribution < -0.4 is 10.5 Å². The number of hydrogen-bond acceptors (Lipinski definition) is 2. The summed E-state index contributed by atoms with van der Waals surface area (Å²) in [5.41, 5.74) is 4.52. The third-order valence-corrected chi connectivity index (χ3v) is 2.67. The Hall–Kier alpha value is -1.09. The quantitative estimate of drug-likeness (QED) is 0.826. The van der Waals surface area contributed by atoms with Crippen LogP contribution in [0.2, 0.25) is 0 Å². The fourth-order valence-electron chi connectivity index (χ4n) is 1.38. The van der Waals surface area contributed by atoms with Gasteiger partial charge in [-0.3, -0.25) is 0 Å². The van der Waals surface area contributed by atoms with Crippen molar-refractivity contribution >= 4 is 0 Å². The molecule has 15 heavy (non-hydrogen) atoms. The van der Waals surface area contributed by atoms with Crippen LogP contribution in [0, 0.1) is 0 Å². The van der Waals surface area contributed by atoms with E-state index < -0.39 is 5.67 Å². The van der Waals surface area contributed by atoms with Gasteiger partial charge in [0.2, 0.25) is 0 Å². The number of ether oxygens (including phenoxy) is 1. The summed E-state index contributed by atoms with van der Waals surface area (Å²) in [4.78, 5) is 0. The summed E-state index contributed by atoms with van der Waals surface area (Å²) in [7, 11) is 0. The van der Waals surface area contributed by atoms with Crippen molar-refractivity contribution in [1.29, 1.82) is 0 Å². The monoisotopic (exact) mass is 209 g/mol. The minimum absolute atomic E-state index is 0.00414. The van der Waals surface area contributed by atoms with Crippen LogP contribution in [0.25, 0.3) is 0 Å². The summed E-state index contributed by atoms with van der Waals surface area (Å²) < 4.78 is 19.4.